The second-order valence-electron chi connectivity index (χ2n) is 4.57. The normalized spacial score (nSPS) is 30.3. The largest absolute Gasteiger partial charge is 0.735 e. The Morgan fingerprint density at radius 1 is 1.09 bits per heavy atom. The maximum absolute atomic E-state index is 10.7. The first-order valence-corrected chi connectivity index (χ1v) is 9.84. The third-order valence-electron chi connectivity index (χ3n) is 2.89. The summed E-state index contributed by atoms with van der Waals surface area (Å²) in [5, 5.41) is 0. The van der Waals surface area contributed by atoms with Crippen molar-refractivity contribution in [3.8, 4) is 0 Å². The van der Waals surface area contributed by atoms with Crippen molar-refractivity contribution in [2.45, 2.75) is 25.2 Å². The summed E-state index contributed by atoms with van der Waals surface area (Å²) in [7, 11) is -15.4. The molecule has 1 N–H and O–H groups in total. The highest BCUT2D eigenvalue weighted by Crippen LogP contribution is 2.26. The number of hydrogen-bond donors (Lipinski definition) is 1. The second-order valence-corrected chi connectivity index (χ2v) is 7.78. The Kier molecular flexibility index (Phi) is 6.47. The van der Waals surface area contributed by atoms with Crippen molar-refractivity contribution >= 4 is 31.1 Å². The summed E-state index contributed by atoms with van der Waals surface area (Å²) in [6.45, 7) is -0.228. The Hall–Kier alpha value is -0.430. The minimum absolute atomic E-state index is 0.626. The fourth-order valence-electron chi connectivity index (χ4n) is 1.98. The molecule has 0 aliphatic carbocycles. The maximum Gasteiger partial charge on any atom is 0.217 e. The lowest BCUT2D eigenvalue weighted by Gasteiger charge is -2.41. The van der Waals surface area contributed by atoms with Crippen molar-refractivity contribution < 1.29 is 52.0 Å². The van der Waals surface area contributed by atoms with E-state index in [-0.39, 0.29) is 0 Å². The highest BCUT2D eigenvalue weighted by molar-refractivity contribution is 7.83. The molecule has 0 amide bonds. The van der Waals surface area contributed by atoms with E-state index >= 15 is 0 Å². The van der Waals surface area contributed by atoms with Crippen LogP contribution < -0.4 is 4.72 Å². The summed E-state index contributed by atoms with van der Waals surface area (Å²) < 4.78 is 110. The third-order valence-corrected chi connectivity index (χ3v) is 4.37. The quantitative estimate of drug-likeness (QED) is 0.331. The molecule has 1 heterocycles. The SMILES string of the molecule is CC1C(COS(=O)(=O)[O-])OCC(NS(=O)(=O)[O-])C1OS(=O)(=O)[O-]. The Bertz CT molecular complexity index is 712. The number of ether oxygens (including phenoxy) is 1. The highest BCUT2D eigenvalue weighted by Gasteiger charge is 2.41. The molecule has 1 saturated heterocycles. The van der Waals surface area contributed by atoms with Gasteiger partial charge in [-0.2, -0.15) is 0 Å². The van der Waals surface area contributed by atoms with Gasteiger partial charge in [0.15, 0.2) is 10.3 Å². The molecule has 4 atom stereocenters. The summed E-state index contributed by atoms with van der Waals surface area (Å²) in [6.07, 6.45) is -2.88. The lowest BCUT2D eigenvalue weighted by Crippen LogP contribution is -2.58. The van der Waals surface area contributed by atoms with Gasteiger partial charge >= 0.3 is 0 Å². The van der Waals surface area contributed by atoms with E-state index in [1.165, 1.54) is 11.6 Å². The van der Waals surface area contributed by atoms with Crippen LogP contribution in [0.2, 0.25) is 0 Å². The summed E-state index contributed by atoms with van der Waals surface area (Å²) in [6, 6.07) is -1.52. The fourth-order valence-corrected chi connectivity index (χ4v) is 3.43. The molecular formula is C7H12NO12S3-3. The van der Waals surface area contributed by atoms with E-state index in [1.54, 1.807) is 0 Å². The molecule has 0 radical (unpaired) electrons. The molecule has 1 aliphatic heterocycles. The molecule has 4 unspecified atom stereocenters. The third kappa shape index (κ3) is 7.79. The lowest BCUT2D eigenvalue weighted by atomic mass is 9.91. The maximum atomic E-state index is 10.7. The van der Waals surface area contributed by atoms with Gasteiger partial charge in [-0.25, -0.2) is 30.0 Å². The summed E-state index contributed by atoms with van der Waals surface area (Å²) >= 11 is 0. The average Bonchev–Trinajstić information content (AvgIpc) is 2.28. The van der Waals surface area contributed by atoms with Gasteiger partial charge in [-0.3, -0.25) is 8.37 Å². The van der Waals surface area contributed by atoms with E-state index in [9.17, 15) is 38.9 Å². The first kappa shape index (κ1) is 20.6. The van der Waals surface area contributed by atoms with Crippen LogP contribution in [-0.2, 0) is 44.2 Å². The predicted molar refractivity (Wildman–Crippen MR) is 65.7 cm³/mol. The van der Waals surface area contributed by atoms with Crippen molar-refractivity contribution in [3.63, 3.8) is 0 Å². The van der Waals surface area contributed by atoms with Crippen LogP contribution in [0, 0.1) is 5.92 Å². The van der Waals surface area contributed by atoms with E-state index in [0.717, 1.165) is 0 Å². The van der Waals surface area contributed by atoms with Crippen molar-refractivity contribution in [2.24, 2.45) is 5.92 Å². The van der Waals surface area contributed by atoms with Gasteiger partial charge in [0.2, 0.25) is 20.8 Å². The van der Waals surface area contributed by atoms with Gasteiger partial charge in [0, 0.05) is 5.92 Å². The van der Waals surface area contributed by atoms with Crippen molar-refractivity contribution in [1.29, 1.82) is 0 Å². The van der Waals surface area contributed by atoms with E-state index in [2.05, 4.69) is 8.37 Å². The van der Waals surface area contributed by atoms with Crippen LogP contribution >= 0.6 is 0 Å². The van der Waals surface area contributed by atoms with Crippen LogP contribution in [0.3, 0.4) is 0 Å². The van der Waals surface area contributed by atoms with Crippen LogP contribution in [0.25, 0.3) is 0 Å². The monoisotopic (exact) mass is 398 g/mol. The predicted octanol–water partition coefficient (Wildman–Crippen LogP) is -3.24. The van der Waals surface area contributed by atoms with E-state index in [1.807, 2.05) is 0 Å². The van der Waals surface area contributed by atoms with Gasteiger partial charge in [-0.1, -0.05) is 6.92 Å². The first-order chi connectivity index (χ1) is 10.2. The number of rotatable bonds is 7. The van der Waals surface area contributed by atoms with Crippen LogP contribution in [0.5, 0.6) is 0 Å². The summed E-state index contributed by atoms with van der Waals surface area (Å²) in [5.74, 6) is -1.12. The van der Waals surface area contributed by atoms with Crippen molar-refractivity contribution in [1.82, 2.24) is 4.72 Å². The molecule has 1 aliphatic rings. The van der Waals surface area contributed by atoms with Crippen LogP contribution in [0.15, 0.2) is 0 Å². The minimum atomic E-state index is -5.28. The zero-order chi connectivity index (χ0) is 18.1. The topological polar surface area (TPSA) is 211 Å². The molecule has 1 fully saturated rings. The molecular weight excluding hydrogens is 386 g/mol. The van der Waals surface area contributed by atoms with Gasteiger partial charge in [-0.05, 0) is 0 Å². The van der Waals surface area contributed by atoms with Gasteiger partial charge in [0.05, 0.1) is 31.5 Å². The highest BCUT2D eigenvalue weighted by atomic mass is 32.3. The average molecular weight is 398 g/mol. The minimum Gasteiger partial charge on any atom is -0.735 e. The number of nitrogens with one attached hydrogen (secondary N) is 1. The van der Waals surface area contributed by atoms with Gasteiger partial charge in [-0.15, -0.1) is 0 Å². The Balaban J connectivity index is 2.95. The van der Waals surface area contributed by atoms with Crippen molar-refractivity contribution in [2.75, 3.05) is 13.2 Å². The van der Waals surface area contributed by atoms with Gasteiger partial charge in [0.25, 0.3) is 0 Å². The Labute approximate surface area is 132 Å². The van der Waals surface area contributed by atoms with E-state index in [0.29, 0.717) is 0 Å². The molecule has 16 heteroatoms. The molecule has 0 spiro atoms. The molecule has 1 rings (SSSR count). The molecule has 13 nitrogen and oxygen atoms in total. The number of hydrogen-bond acceptors (Lipinski definition) is 12. The van der Waals surface area contributed by atoms with Gasteiger partial charge in [0.1, 0.15) is 0 Å². The standard InChI is InChI=1S/C7H15NO12S3/c1-4-6(3-19-22(12,13)14)18-2-5(8-21(9,10)11)7(4)20-23(15,16)17/h4-8H,2-3H2,1H3,(H,9,10,11)(H,12,13,14)(H,15,16,17)/p-3. The molecule has 0 saturated carbocycles. The van der Waals surface area contributed by atoms with Crippen LogP contribution in [-0.4, -0.2) is 70.4 Å². The molecule has 0 aromatic rings. The molecule has 0 aromatic heterocycles. The second kappa shape index (κ2) is 7.21. The summed E-state index contributed by atoms with van der Waals surface area (Å²) in [5.41, 5.74) is 0. The zero-order valence-electron chi connectivity index (χ0n) is 11.3. The Morgan fingerprint density at radius 3 is 2.09 bits per heavy atom. The van der Waals surface area contributed by atoms with E-state index in [4.69, 9.17) is 4.74 Å². The molecule has 0 aromatic carbocycles. The zero-order valence-corrected chi connectivity index (χ0v) is 13.8. The van der Waals surface area contributed by atoms with Crippen molar-refractivity contribution in [3.05, 3.63) is 0 Å². The fraction of sp³-hybridized carbons (Fsp3) is 1.00. The van der Waals surface area contributed by atoms with E-state index < -0.39 is 68.5 Å². The molecule has 23 heavy (non-hydrogen) atoms. The van der Waals surface area contributed by atoms with Crippen LogP contribution in [0.4, 0.5) is 0 Å². The smallest absolute Gasteiger partial charge is 0.217 e. The molecule has 138 valence electrons. The van der Waals surface area contributed by atoms with Gasteiger partial charge < -0.3 is 18.4 Å². The Morgan fingerprint density at radius 2 is 1.65 bits per heavy atom. The lowest BCUT2D eigenvalue weighted by molar-refractivity contribution is -0.107. The molecule has 0 bridgehead atoms. The first-order valence-electron chi connectivity index (χ1n) is 5.77. The van der Waals surface area contributed by atoms with Crippen LogP contribution in [0.1, 0.15) is 6.92 Å². The summed E-state index contributed by atoms with van der Waals surface area (Å²) in [4.78, 5) is 0.